The lowest BCUT2D eigenvalue weighted by molar-refractivity contribution is -0.130. The second kappa shape index (κ2) is 5.40. The maximum absolute atomic E-state index is 12.4. The molecule has 2 atom stereocenters. The number of methoxy groups -OCH3 is 1. The van der Waals surface area contributed by atoms with Gasteiger partial charge in [0.1, 0.15) is 18.1 Å². The molecule has 2 aromatic carbocycles. The van der Waals surface area contributed by atoms with Crippen molar-refractivity contribution in [1.29, 1.82) is 0 Å². The summed E-state index contributed by atoms with van der Waals surface area (Å²) in [7, 11) is 1.59. The Morgan fingerprint density at radius 1 is 1.05 bits per heavy atom. The largest absolute Gasteiger partial charge is 0.497 e. The van der Waals surface area contributed by atoms with E-state index in [4.69, 9.17) is 4.74 Å². The zero-order chi connectivity index (χ0) is 14.8. The Bertz CT molecular complexity index is 651. The van der Waals surface area contributed by atoms with E-state index in [2.05, 4.69) is 0 Å². The minimum absolute atomic E-state index is 0.0523. The second-order valence-corrected chi connectivity index (χ2v) is 4.92. The topological polar surface area (TPSA) is 46.6 Å². The van der Waals surface area contributed by atoms with E-state index in [9.17, 15) is 9.59 Å². The summed E-state index contributed by atoms with van der Waals surface area (Å²) in [6, 6.07) is 16.1. The average Bonchev–Trinajstić information content (AvgIpc) is 2.54. The Hall–Kier alpha value is -2.62. The normalized spacial score (nSPS) is 20.8. The van der Waals surface area contributed by atoms with Gasteiger partial charge in [0.05, 0.1) is 13.0 Å². The van der Waals surface area contributed by atoms with Gasteiger partial charge in [-0.2, -0.15) is 0 Å². The third-order valence-corrected chi connectivity index (χ3v) is 3.79. The first-order chi connectivity index (χ1) is 10.3. The van der Waals surface area contributed by atoms with Crippen LogP contribution in [0.2, 0.25) is 0 Å². The Kier molecular flexibility index (Phi) is 3.44. The summed E-state index contributed by atoms with van der Waals surface area (Å²) in [5, 5.41) is 0. The molecule has 1 heterocycles. The van der Waals surface area contributed by atoms with E-state index < -0.39 is 6.04 Å². The lowest BCUT2D eigenvalue weighted by atomic mass is 9.82. The van der Waals surface area contributed by atoms with Crippen molar-refractivity contribution in [2.24, 2.45) is 0 Å². The predicted molar refractivity (Wildman–Crippen MR) is 79.5 cm³/mol. The molecule has 21 heavy (non-hydrogen) atoms. The van der Waals surface area contributed by atoms with E-state index in [1.165, 1.54) is 4.90 Å². The highest BCUT2D eigenvalue weighted by Gasteiger charge is 2.48. The molecular formula is C17H15NO3. The molecule has 3 rings (SSSR count). The van der Waals surface area contributed by atoms with Crippen LogP contribution in [0.3, 0.4) is 0 Å². The lowest BCUT2D eigenvalue weighted by Gasteiger charge is -2.44. The lowest BCUT2D eigenvalue weighted by Crippen LogP contribution is -2.60. The first-order valence-corrected chi connectivity index (χ1v) is 6.73. The van der Waals surface area contributed by atoms with Crippen LogP contribution in [-0.4, -0.2) is 25.3 Å². The minimum Gasteiger partial charge on any atom is -0.497 e. The number of benzene rings is 2. The number of hydrogen-bond acceptors (Lipinski definition) is 3. The van der Waals surface area contributed by atoms with Crippen molar-refractivity contribution in [3.05, 3.63) is 60.2 Å². The van der Waals surface area contributed by atoms with E-state index in [0.29, 0.717) is 11.4 Å². The number of aldehydes is 1. The Morgan fingerprint density at radius 3 is 2.29 bits per heavy atom. The summed E-state index contributed by atoms with van der Waals surface area (Å²) in [4.78, 5) is 25.4. The maximum Gasteiger partial charge on any atom is 0.237 e. The fourth-order valence-corrected chi connectivity index (χ4v) is 2.69. The summed E-state index contributed by atoms with van der Waals surface area (Å²) in [6.45, 7) is 0. The number of hydrogen-bond donors (Lipinski definition) is 0. The van der Waals surface area contributed by atoms with Gasteiger partial charge in [0.15, 0.2) is 0 Å². The van der Waals surface area contributed by atoms with Crippen LogP contribution in [0.15, 0.2) is 54.6 Å². The standard InChI is InChI=1S/C17H15NO3/c1-21-14-9-7-13(8-10-14)18-15(11-19)16(17(18)20)12-5-3-2-4-6-12/h2-11,15-16H,1H3. The van der Waals surface area contributed by atoms with Crippen molar-refractivity contribution in [3.63, 3.8) is 0 Å². The van der Waals surface area contributed by atoms with Gasteiger partial charge in [-0.05, 0) is 29.8 Å². The molecule has 1 saturated heterocycles. The van der Waals surface area contributed by atoms with Crippen molar-refractivity contribution in [3.8, 4) is 5.75 Å². The number of β-lactam (4-membered cyclic amide) rings is 1. The first-order valence-electron chi connectivity index (χ1n) is 6.73. The average molecular weight is 281 g/mol. The fraction of sp³-hybridized carbons (Fsp3) is 0.176. The summed E-state index contributed by atoms with van der Waals surface area (Å²) in [6.07, 6.45) is 0.837. The zero-order valence-electron chi connectivity index (χ0n) is 11.6. The summed E-state index contributed by atoms with van der Waals surface area (Å²) in [5.74, 6) is 0.281. The molecular weight excluding hydrogens is 266 g/mol. The molecule has 0 saturated carbocycles. The molecule has 0 N–H and O–H groups in total. The van der Waals surface area contributed by atoms with Crippen LogP contribution in [0.4, 0.5) is 5.69 Å². The van der Waals surface area contributed by atoms with Gasteiger partial charge in [-0.15, -0.1) is 0 Å². The van der Waals surface area contributed by atoms with Gasteiger partial charge in [-0.1, -0.05) is 30.3 Å². The molecule has 1 aliphatic heterocycles. The van der Waals surface area contributed by atoms with Gasteiger partial charge >= 0.3 is 0 Å². The van der Waals surface area contributed by atoms with E-state index in [-0.39, 0.29) is 11.8 Å². The van der Waals surface area contributed by atoms with Gasteiger partial charge in [0, 0.05) is 5.69 Å². The van der Waals surface area contributed by atoms with E-state index in [0.717, 1.165) is 11.8 Å². The van der Waals surface area contributed by atoms with E-state index in [1.807, 2.05) is 30.3 Å². The third kappa shape index (κ3) is 2.18. The Labute approximate surface area is 123 Å². The molecule has 106 valence electrons. The van der Waals surface area contributed by atoms with Crippen molar-refractivity contribution >= 4 is 17.9 Å². The molecule has 0 bridgehead atoms. The molecule has 2 unspecified atom stereocenters. The molecule has 0 spiro atoms. The SMILES string of the molecule is COc1ccc(N2C(=O)C(c3ccccc3)C2C=O)cc1. The number of carbonyl (C=O) groups excluding carboxylic acids is 2. The molecule has 1 aliphatic rings. The number of nitrogens with zero attached hydrogens (tertiary/aromatic N) is 1. The van der Waals surface area contributed by atoms with E-state index >= 15 is 0 Å². The maximum atomic E-state index is 12.4. The van der Waals surface area contributed by atoms with Crippen LogP contribution in [0, 0.1) is 0 Å². The molecule has 0 radical (unpaired) electrons. The van der Waals surface area contributed by atoms with Gasteiger partial charge in [-0.3, -0.25) is 4.79 Å². The molecule has 1 amide bonds. The first kappa shape index (κ1) is 13.4. The molecule has 0 aromatic heterocycles. The number of ether oxygens (including phenoxy) is 1. The van der Waals surface area contributed by atoms with Gasteiger partial charge in [0.25, 0.3) is 0 Å². The Morgan fingerprint density at radius 2 is 1.71 bits per heavy atom. The van der Waals surface area contributed by atoms with Gasteiger partial charge < -0.3 is 14.4 Å². The van der Waals surface area contributed by atoms with Gasteiger partial charge in [-0.25, -0.2) is 0 Å². The Balaban J connectivity index is 1.88. The van der Waals surface area contributed by atoms with Crippen molar-refractivity contribution in [2.45, 2.75) is 12.0 Å². The third-order valence-electron chi connectivity index (χ3n) is 3.79. The van der Waals surface area contributed by atoms with Crippen LogP contribution in [-0.2, 0) is 9.59 Å². The van der Waals surface area contributed by atoms with E-state index in [1.54, 1.807) is 31.4 Å². The molecule has 2 aromatic rings. The highest BCUT2D eigenvalue weighted by Crippen LogP contribution is 2.38. The fourth-order valence-electron chi connectivity index (χ4n) is 2.69. The zero-order valence-corrected chi connectivity index (χ0v) is 11.6. The highest BCUT2D eigenvalue weighted by molar-refractivity contribution is 6.11. The molecule has 4 nitrogen and oxygen atoms in total. The quantitative estimate of drug-likeness (QED) is 0.638. The monoisotopic (exact) mass is 281 g/mol. The minimum atomic E-state index is -0.451. The van der Waals surface area contributed by atoms with Crippen molar-refractivity contribution < 1.29 is 14.3 Å². The predicted octanol–water partition coefficient (Wildman–Crippen LogP) is 2.39. The van der Waals surface area contributed by atoms with Crippen LogP contribution >= 0.6 is 0 Å². The molecule has 1 fully saturated rings. The van der Waals surface area contributed by atoms with Crippen molar-refractivity contribution in [1.82, 2.24) is 0 Å². The van der Waals surface area contributed by atoms with Crippen molar-refractivity contribution in [2.75, 3.05) is 12.0 Å². The highest BCUT2D eigenvalue weighted by atomic mass is 16.5. The number of rotatable bonds is 4. The number of amides is 1. The summed E-state index contributed by atoms with van der Waals surface area (Å²) in [5.41, 5.74) is 1.59. The second-order valence-electron chi connectivity index (χ2n) is 4.92. The summed E-state index contributed by atoms with van der Waals surface area (Å²) < 4.78 is 5.10. The van der Waals surface area contributed by atoms with Crippen LogP contribution in [0.1, 0.15) is 11.5 Å². The van der Waals surface area contributed by atoms with Crippen LogP contribution in [0.25, 0.3) is 0 Å². The number of anilines is 1. The smallest absolute Gasteiger partial charge is 0.237 e. The van der Waals surface area contributed by atoms with Crippen LogP contribution < -0.4 is 9.64 Å². The summed E-state index contributed by atoms with van der Waals surface area (Å²) >= 11 is 0. The van der Waals surface area contributed by atoms with Crippen LogP contribution in [0.5, 0.6) is 5.75 Å². The van der Waals surface area contributed by atoms with Gasteiger partial charge in [0.2, 0.25) is 5.91 Å². The molecule has 4 heteroatoms. The number of carbonyl (C=O) groups is 2. The molecule has 0 aliphatic carbocycles.